The van der Waals surface area contributed by atoms with Crippen LogP contribution in [0.25, 0.3) is 0 Å². The second-order valence-electron chi connectivity index (χ2n) is 5.07. The Bertz CT molecular complexity index is 994. The molecular weight excluding hydrogens is 373 g/mol. The summed E-state index contributed by atoms with van der Waals surface area (Å²) in [5.74, 6) is -2.05. The molecule has 0 saturated carbocycles. The number of hydrogen-bond donors (Lipinski definition) is 1. The molecule has 132 valence electrons. The predicted molar refractivity (Wildman–Crippen MR) is 92.4 cm³/mol. The minimum atomic E-state index is -0.888. The Morgan fingerprint density at radius 3 is 2.44 bits per heavy atom. The van der Waals surface area contributed by atoms with Crippen LogP contribution in [-0.2, 0) is 18.8 Å². The third kappa shape index (κ3) is 3.45. The number of rotatable bonds is 4. The number of nitrogen functional groups attached to an aromatic ring is 1. The van der Waals surface area contributed by atoms with Gasteiger partial charge in [-0.15, -0.1) is 0 Å². The number of ether oxygens (including phenoxy) is 1. The average Bonchev–Trinajstić information content (AvgIpc) is 2.58. The maximum Gasteiger partial charge on any atom is 0.340 e. The zero-order valence-electron chi connectivity index (χ0n) is 13.2. The molecule has 25 heavy (non-hydrogen) atoms. The Hall–Kier alpha value is -2.58. The summed E-state index contributed by atoms with van der Waals surface area (Å²) >= 11 is 11.7. The lowest BCUT2D eigenvalue weighted by Crippen LogP contribution is -2.42. The Morgan fingerprint density at radius 1 is 1.16 bits per heavy atom. The fourth-order valence-corrected chi connectivity index (χ4v) is 2.44. The molecule has 0 spiro atoms. The van der Waals surface area contributed by atoms with Crippen LogP contribution in [0.2, 0.25) is 10.0 Å². The first kappa shape index (κ1) is 18.8. The molecule has 1 heterocycles. The summed E-state index contributed by atoms with van der Waals surface area (Å²) in [5, 5.41) is 0.137. The first-order chi connectivity index (χ1) is 11.7. The molecule has 10 heteroatoms. The standard InChI is InChI=1S/C15H13Cl2N3O5/c1-19-12(18)10(13(22)20(2)15(19)24)9(21)6-25-14(23)7-4-3-5-8(16)11(7)17/h3-5H,6,18H2,1-2H3. The van der Waals surface area contributed by atoms with Crippen molar-refractivity contribution in [3.05, 3.63) is 60.2 Å². The number of aromatic nitrogens is 2. The van der Waals surface area contributed by atoms with Gasteiger partial charge in [-0.2, -0.15) is 0 Å². The summed E-state index contributed by atoms with van der Waals surface area (Å²) in [7, 11) is 2.52. The molecule has 0 radical (unpaired) electrons. The Morgan fingerprint density at radius 2 is 1.80 bits per heavy atom. The van der Waals surface area contributed by atoms with Gasteiger partial charge in [0.1, 0.15) is 11.4 Å². The number of halogens is 2. The van der Waals surface area contributed by atoms with Crippen molar-refractivity contribution in [2.75, 3.05) is 12.3 Å². The number of Topliss-reactive ketones (excluding diaryl/α,β-unsaturated/α-hetero) is 1. The van der Waals surface area contributed by atoms with Crippen molar-refractivity contribution in [2.45, 2.75) is 0 Å². The summed E-state index contributed by atoms with van der Waals surface area (Å²) in [5.41, 5.74) is 3.65. The number of nitrogens with two attached hydrogens (primary N) is 1. The molecule has 2 aromatic rings. The van der Waals surface area contributed by atoms with E-state index in [0.717, 1.165) is 9.13 Å². The van der Waals surface area contributed by atoms with E-state index in [1.54, 1.807) is 0 Å². The number of ketones is 1. The van der Waals surface area contributed by atoms with Gasteiger partial charge in [0.25, 0.3) is 5.56 Å². The summed E-state index contributed by atoms with van der Waals surface area (Å²) in [6.45, 7) is -0.751. The molecule has 1 aromatic heterocycles. The Kier molecular flexibility index (Phi) is 5.34. The van der Waals surface area contributed by atoms with E-state index in [0.29, 0.717) is 0 Å². The van der Waals surface area contributed by atoms with Crippen molar-refractivity contribution < 1.29 is 14.3 Å². The minimum absolute atomic E-state index is 0.0147. The first-order valence-corrected chi connectivity index (χ1v) is 7.62. The second kappa shape index (κ2) is 7.12. The van der Waals surface area contributed by atoms with Gasteiger partial charge >= 0.3 is 11.7 Å². The Labute approximate surface area is 151 Å². The van der Waals surface area contributed by atoms with Gasteiger partial charge in [-0.1, -0.05) is 29.3 Å². The molecule has 0 unspecified atom stereocenters. The molecular formula is C15H13Cl2N3O5. The lowest BCUT2D eigenvalue weighted by atomic mass is 10.2. The van der Waals surface area contributed by atoms with Crippen LogP contribution in [0.15, 0.2) is 27.8 Å². The molecule has 0 aliphatic heterocycles. The number of benzene rings is 1. The maximum absolute atomic E-state index is 12.2. The molecule has 0 atom stereocenters. The molecule has 2 rings (SSSR count). The number of carbonyl (C=O) groups is 2. The van der Waals surface area contributed by atoms with Gasteiger partial charge in [0.15, 0.2) is 6.61 Å². The first-order valence-electron chi connectivity index (χ1n) is 6.86. The van der Waals surface area contributed by atoms with Crippen molar-refractivity contribution in [1.82, 2.24) is 9.13 Å². The fourth-order valence-electron chi connectivity index (χ4n) is 2.06. The molecule has 0 saturated heterocycles. The number of hydrogen-bond acceptors (Lipinski definition) is 6. The number of anilines is 1. The largest absolute Gasteiger partial charge is 0.454 e. The van der Waals surface area contributed by atoms with Gasteiger partial charge in [0.2, 0.25) is 5.78 Å². The van der Waals surface area contributed by atoms with Crippen molar-refractivity contribution in [2.24, 2.45) is 14.1 Å². The van der Waals surface area contributed by atoms with E-state index >= 15 is 0 Å². The van der Waals surface area contributed by atoms with Crippen LogP contribution < -0.4 is 17.0 Å². The van der Waals surface area contributed by atoms with Crippen molar-refractivity contribution in [3.8, 4) is 0 Å². The number of esters is 1. The summed E-state index contributed by atoms with van der Waals surface area (Å²) in [6, 6.07) is 4.36. The summed E-state index contributed by atoms with van der Waals surface area (Å²) in [6.07, 6.45) is 0. The predicted octanol–water partition coefficient (Wildman–Crippen LogP) is 1.01. The van der Waals surface area contributed by atoms with Crippen LogP contribution in [0, 0.1) is 0 Å². The molecule has 8 nitrogen and oxygen atoms in total. The SMILES string of the molecule is Cn1c(N)c(C(=O)COC(=O)c2cccc(Cl)c2Cl)c(=O)n(C)c1=O. The zero-order valence-corrected chi connectivity index (χ0v) is 14.7. The van der Waals surface area contributed by atoms with E-state index in [4.69, 9.17) is 33.7 Å². The van der Waals surface area contributed by atoms with Crippen molar-refractivity contribution in [1.29, 1.82) is 0 Å². The zero-order chi connectivity index (χ0) is 18.9. The quantitative estimate of drug-likeness (QED) is 0.620. The second-order valence-corrected chi connectivity index (χ2v) is 5.85. The number of carbonyl (C=O) groups excluding carboxylic acids is 2. The third-order valence-electron chi connectivity index (χ3n) is 3.49. The van der Waals surface area contributed by atoms with Gasteiger partial charge in [-0.3, -0.25) is 18.7 Å². The van der Waals surface area contributed by atoms with E-state index in [2.05, 4.69) is 0 Å². The van der Waals surface area contributed by atoms with E-state index in [9.17, 15) is 19.2 Å². The normalized spacial score (nSPS) is 10.6. The third-order valence-corrected chi connectivity index (χ3v) is 4.31. The topological polar surface area (TPSA) is 113 Å². The van der Waals surface area contributed by atoms with Crippen LogP contribution in [0.5, 0.6) is 0 Å². The summed E-state index contributed by atoms with van der Waals surface area (Å²) in [4.78, 5) is 48.1. The van der Waals surface area contributed by atoms with Gasteiger partial charge in [-0.05, 0) is 12.1 Å². The molecule has 0 aliphatic carbocycles. The van der Waals surface area contributed by atoms with Crippen LogP contribution in [0.1, 0.15) is 20.7 Å². The highest BCUT2D eigenvalue weighted by molar-refractivity contribution is 6.43. The van der Waals surface area contributed by atoms with Gasteiger partial charge in [0.05, 0.1) is 15.6 Å². The highest BCUT2D eigenvalue weighted by atomic mass is 35.5. The van der Waals surface area contributed by atoms with Crippen LogP contribution >= 0.6 is 23.2 Å². The van der Waals surface area contributed by atoms with Crippen LogP contribution in [0.4, 0.5) is 5.82 Å². The van der Waals surface area contributed by atoms with Gasteiger partial charge in [-0.25, -0.2) is 9.59 Å². The van der Waals surface area contributed by atoms with Crippen molar-refractivity contribution in [3.63, 3.8) is 0 Å². The van der Waals surface area contributed by atoms with E-state index in [1.165, 1.54) is 32.3 Å². The molecule has 2 N–H and O–H groups in total. The lowest BCUT2D eigenvalue weighted by Gasteiger charge is -2.11. The Balaban J connectivity index is 2.27. The molecule has 0 bridgehead atoms. The van der Waals surface area contributed by atoms with E-state index in [1.807, 2.05) is 0 Å². The smallest absolute Gasteiger partial charge is 0.340 e. The fraction of sp³-hybridized carbons (Fsp3) is 0.200. The highest BCUT2D eigenvalue weighted by Crippen LogP contribution is 2.26. The maximum atomic E-state index is 12.2. The van der Waals surface area contributed by atoms with Gasteiger partial charge < -0.3 is 10.5 Å². The number of nitrogens with zero attached hydrogens (tertiary/aromatic N) is 2. The van der Waals surface area contributed by atoms with Crippen molar-refractivity contribution >= 4 is 40.8 Å². The molecule has 1 aromatic carbocycles. The minimum Gasteiger partial charge on any atom is -0.454 e. The monoisotopic (exact) mass is 385 g/mol. The van der Waals surface area contributed by atoms with Crippen LogP contribution in [0.3, 0.4) is 0 Å². The lowest BCUT2D eigenvalue weighted by molar-refractivity contribution is 0.0474. The molecule has 0 aliphatic rings. The highest BCUT2D eigenvalue weighted by Gasteiger charge is 2.22. The molecule has 0 fully saturated rings. The average molecular weight is 386 g/mol. The molecule has 0 amide bonds. The summed E-state index contributed by atoms with van der Waals surface area (Å²) < 4.78 is 6.56. The van der Waals surface area contributed by atoms with Gasteiger partial charge in [0, 0.05) is 14.1 Å². The van der Waals surface area contributed by atoms with E-state index in [-0.39, 0.29) is 21.4 Å². The van der Waals surface area contributed by atoms with E-state index < -0.39 is 35.2 Å². The van der Waals surface area contributed by atoms with Crippen LogP contribution in [-0.4, -0.2) is 27.5 Å².